The number of carbonyl (C=O) groups excluding carboxylic acids is 1. The lowest BCUT2D eigenvalue weighted by molar-refractivity contribution is -0.124. The fourth-order valence-electron chi connectivity index (χ4n) is 5.56. The maximum Gasteiger partial charge on any atom is 0.267 e. The van der Waals surface area contributed by atoms with Gasteiger partial charge in [0.2, 0.25) is 0 Å². The highest BCUT2D eigenvalue weighted by molar-refractivity contribution is 5.91. The second kappa shape index (κ2) is 9.31. The zero-order valence-corrected chi connectivity index (χ0v) is 18.2. The number of hydroxylamine groups is 1. The van der Waals surface area contributed by atoms with Crippen LogP contribution in [0.25, 0.3) is 17.1 Å². The SMILES string of the molecule is CCN(CC)CCn1c(CC2C[C@@H]3CC[C@H]2C3)nc2cc(/C=C/C(=O)NO)ccc21. The van der Waals surface area contributed by atoms with Gasteiger partial charge in [-0.25, -0.2) is 10.5 Å². The third-order valence-corrected chi connectivity index (χ3v) is 7.25. The minimum atomic E-state index is -0.531. The largest absolute Gasteiger partial charge is 0.327 e. The van der Waals surface area contributed by atoms with Crippen molar-refractivity contribution in [1.29, 1.82) is 0 Å². The summed E-state index contributed by atoms with van der Waals surface area (Å²) in [7, 11) is 0. The number of imidazole rings is 1. The fourth-order valence-corrected chi connectivity index (χ4v) is 5.56. The van der Waals surface area contributed by atoms with Crippen molar-refractivity contribution >= 4 is 23.0 Å². The summed E-state index contributed by atoms with van der Waals surface area (Å²) in [5, 5.41) is 8.68. The Kier molecular flexibility index (Phi) is 6.54. The van der Waals surface area contributed by atoms with Gasteiger partial charge in [-0.15, -0.1) is 0 Å². The molecule has 2 N–H and O–H groups in total. The molecule has 6 nitrogen and oxygen atoms in total. The average molecular weight is 411 g/mol. The third-order valence-electron chi connectivity index (χ3n) is 7.25. The molecule has 1 unspecified atom stereocenters. The van der Waals surface area contributed by atoms with E-state index in [0.29, 0.717) is 0 Å². The molecule has 4 rings (SSSR count). The predicted octanol–water partition coefficient (Wildman–Crippen LogP) is 3.88. The molecule has 30 heavy (non-hydrogen) atoms. The first kappa shape index (κ1) is 21.1. The monoisotopic (exact) mass is 410 g/mol. The lowest BCUT2D eigenvalue weighted by Gasteiger charge is -2.23. The van der Waals surface area contributed by atoms with E-state index >= 15 is 0 Å². The van der Waals surface area contributed by atoms with Gasteiger partial charge in [0.25, 0.3) is 5.91 Å². The van der Waals surface area contributed by atoms with Crippen LogP contribution >= 0.6 is 0 Å². The number of aromatic nitrogens is 2. The lowest BCUT2D eigenvalue weighted by Crippen LogP contribution is -2.28. The van der Waals surface area contributed by atoms with E-state index in [1.807, 2.05) is 12.1 Å². The Morgan fingerprint density at radius 2 is 2.13 bits per heavy atom. The predicted molar refractivity (Wildman–Crippen MR) is 119 cm³/mol. The third kappa shape index (κ3) is 4.44. The minimum Gasteiger partial charge on any atom is -0.327 e. The van der Waals surface area contributed by atoms with E-state index in [4.69, 9.17) is 10.2 Å². The van der Waals surface area contributed by atoms with Crippen molar-refractivity contribution in [3.05, 3.63) is 35.7 Å². The van der Waals surface area contributed by atoms with Crippen LogP contribution in [0.2, 0.25) is 0 Å². The van der Waals surface area contributed by atoms with E-state index in [2.05, 4.69) is 29.4 Å². The summed E-state index contributed by atoms with van der Waals surface area (Å²) in [6.07, 6.45) is 9.73. The van der Waals surface area contributed by atoms with E-state index in [1.165, 1.54) is 43.1 Å². The first-order chi connectivity index (χ1) is 14.6. The maximum absolute atomic E-state index is 11.3. The number of nitrogens with zero attached hydrogens (tertiary/aromatic N) is 3. The highest BCUT2D eigenvalue weighted by Crippen LogP contribution is 2.49. The van der Waals surface area contributed by atoms with Gasteiger partial charge >= 0.3 is 0 Å². The Morgan fingerprint density at radius 3 is 2.80 bits per heavy atom. The second-order valence-electron chi connectivity index (χ2n) is 8.90. The van der Waals surface area contributed by atoms with Gasteiger partial charge < -0.3 is 9.47 Å². The number of fused-ring (bicyclic) bond motifs is 3. The summed E-state index contributed by atoms with van der Waals surface area (Å²) in [5.41, 5.74) is 4.69. The van der Waals surface area contributed by atoms with Crippen molar-refractivity contribution in [3.8, 4) is 0 Å². The van der Waals surface area contributed by atoms with Crippen molar-refractivity contribution in [2.75, 3.05) is 19.6 Å². The van der Waals surface area contributed by atoms with Gasteiger partial charge in [0.05, 0.1) is 11.0 Å². The molecule has 0 spiro atoms. The number of hydrogen-bond donors (Lipinski definition) is 2. The molecule has 2 fully saturated rings. The van der Waals surface area contributed by atoms with Crippen LogP contribution in [0.1, 0.15) is 50.9 Å². The summed E-state index contributed by atoms with van der Waals surface area (Å²) in [6, 6.07) is 6.17. The van der Waals surface area contributed by atoms with Gasteiger partial charge in [-0.2, -0.15) is 0 Å². The molecule has 1 aromatic heterocycles. The van der Waals surface area contributed by atoms with E-state index in [-0.39, 0.29) is 0 Å². The molecule has 1 aromatic carbocycles. The number of carbonyl (C=O) groups is 1. The number of rotatable bonds is 9. The molecule has 1 amide bonds. The summed E-state index contributed by atoms with van der Waals surface area (Å²) >= 11 is 0. The first-order valence-electron chi connectivity index (χ1n) is 11.4. The van der Waals surface area contributed by atoms with Crippen molar-refractivity contribution in [2.45, 2.75) is 52.5 Å². The Balaban J connectivity index is 1.61. The number of amides is 1. The lowest BCUT2D eigenvalue weighted by atomic mass is 9.86. The molecule has 2 aliphatic carbocycles. The van der Waals surface area contributed by atoms with E-state index in [9.17, 15) is 4.79 Å². The van der Waals surface area contributed by atoms with Crippen LogP contribution in [0.15, 0.2) is 24.3 Å². The van der Waals surface area contributed by atoms with Crippen LogP contribution in [0.4, 0.5) is 0 Å². The molecule has 2 aliphatic rings. The van der Waals surface area contributed by atoms with Crippen LogP contribution in [0.5, 0.6) is 0 Å². The molecule has 0 radical (unpaired) electrons. The number of benzene rings is 1. The summed E-state index contributed by atoms with van der Waals surface area (Å²) in [4.78, 5) is 18.8. The normalized spacial score (nSPS) is 23.3. The van der Waals surface area contributed by atoms with E-state index < -0.39 is 5.91 Å². The molecular formula is C24H34N4O2. The first-order valence-corrected chi connectivity index (χ1v) is 11.4. The summed E-state index contributed by atoms with van der Waals surface area (Å²) in [5.74, 6) is 3.30. The van der Waals surface area contributed by atoms with Gasteiger partial charge in [0.1, 0.15) is 5.82 Å². The highest BCUT2D eigenvalue weighted by atomic mass is 16.5. The smallest absolute Gasteiger partial charge is 0.267 e. The van der Waals surface area contributed by atoms with Crippen molar-refractivity contribution < 1.29 is 10.0 Å². The van der Waals surface area contributed by atoms with Gasteiger partial charge in [-0.05, 0) is 73.9 Å². The van der Waals surface area contributed by atoms with Gasteiger partial charge in [0, 0.05) is 25.6 Å². The van der Waals surface area contributed by atoms with Gasteiger partial charge in [-0.3, -0.25) is 10.0 Å². The Hall–Kier alpha value is -2.18. The Morgan fingerprint density at radius 1 is 1.30 bits per heavy atom. The number of likely N-dealkylation sites (N-methyl/N-ethyl adjacent to an activating group) is 1. The molecule has 162 valence electrons. The maximum atomic E-state index is 11.3. The minimum absolute atomic E-state index is 0.531. The second-order valence-corrected chi connectivity index (χ2v) is 8.90. The van der Waals surface area contributed by atoms with Crippen LogP contribution in [0, 0.1) is 17.8 Å². The molecule has 6 heteroatoms. The van der Waals surface area contributed by atoms with Gasteiger partial charge in [0.15, 0.2) is 0 Å². The Labute approximate surface area is 178 Å². The van der Waals surface area contributed by atoms with Crippen LogP contribution < -0.4 is 5.48 Å². The molecular weight excluding hydrogens is 376 g/mol. The van der Waals surface area contributed by atoms with E-state index in [0.717, 1.165) is 61.4 Å². The zero-order chi connectivity index (χ0) is 21.1. The fraction of sp³-hybridized carbons (Fsp3) is 0.583. The summed E-state index contributed by atoms with van der Waals surface area (Å²) < 4.78 is 2.42. The van der Waals surface area contributed by atoms with Crippen molar-refractivity contribution in [2.24, 2.45) is 17.8 Å². The van der Waals surface area contributed by atoms with Gasteiger partial charge in [-0.1, -0.05) is 26.3 Å². The number of nitrogens with one attached hydrogen (secondary N) is 1. The quantitative estimate of drug-likeness (QED) is 0.374. The molecule has 2 bridgehead atoms. The van der Waals surface area contributed by atoms with Crippen LogP contribution in [-0.2, 0) is 17.8 Å². The molecule has 0 aliphatic heterocycles. The van der Waals surface area contributed by atoms with Crippen molar-refractivity contribution in [3.63, 3.8) is 0 Å². The molecule has 3 atom stereocenters. The average Bonchev–Trinajstić information content (AvgIpc) is 3.47. The van der Waals surface area contributed by atoms with E-state index in [1.54, 1.807) is 11.6 Å². The summed E-state index contributed by atoms with van der Waals surface area (Å²) in [6.45, 7) is 8.54. The standard InChI is InChI=1S/C24H34N4O2/c1-3-27(4-2)11-12-28-22-9-6-17(7-10-24(29)26-30)15-21(22)25-23(28)16-20-14-18-5-8-19(20)13-18/h6-7,9-10,15,18-20,30H,3-5,8,11-14,16H2,1-2H3,(H,26,29)/b10-7+/t18-,19+,20?/m1/s1. The molecule has 2 saturated carbocycles. The molecule has 1 heterocycles. The van der Waals surface area contributed by atoms with Crippen LogP contribution in [0.3, 0.4) is 0 Å². The highest BCUT2D eigenvalue weighted by Gasteiger charge is 2.39. The van der Waals surface area contributed by atoms with Crippen LogP contribution in [-0.4, -0.2) is 45.2 Å². The molecule has 2 aromatic rings. The van der Waals surface area contributed by atoms with Crippen molar-refractivity contribution in [1.82, 2.24) is 19.9 Å². The Bertz CT molecular complexity index is 915. The number of hydrogen-bond acceptors (Lipinski definition) is 4. The molecule has 0 saturated heterocycles. The zero-order valence-electron chi connectivity index (χ0n) is 18.2. The topological polar surface area (TPSA) is 70.4 Å².